The molecule has 2 saturated carbocycles. The van der Waals surface area contributed by atoms with Crippen LogP contribution in [0.25, 0.3) is 11.3 Å². The van der Waals surface area contributed by atoms with Crippen molar-refractivity contribution in [2.75, 3.05) is 5.32 Å². The number of aryl methyl sites for hydroxylation is 1. The van der Waals surface area contributed by atoms with Crippen LogP contribution >= 0.6 is 11.6 Å². The van der Waals surface area contributed by atoms with Crippen molar-refractivity contribution in [3.63, 3.8) is 0 Å². The molecule has 0 amide bonds. The number of rotatable bonds is 7. The molecule has 2 heterocycles. The molecule has 7 heteroatoms. The number of halogens is 3. The van der Waals surface area contributed by atoms with Crippen molar-refractivity contribution in [1.29, 1.82) is 5.41 Å². The predicted octanol–water partition coefficient (Wildman–Crippen LogP) is 7.22. The highest BCUT2D eigenvalue weighted by atomic mass is 35.5. The third-order valence-corrected chi connectivity index (χ3v) is 7.64. The monoisotopic (exact) mass is 480 g/mol. The molecule has 2 aromatic heterocycles. The second kappa shape index (κ2) is 9.41. The molecule has 2 fully saturated rings. The zero-order valence-electron chi connectivity index (χ0n) is 18.9. The van der Waals surface area contributed by atoms with Crippen molar-refractivity contribution < 1.29 is 8.78 Å². The summed E-state index contributed by atoms with van der Waals surface area (Å²) >= 11 is 6.44. The topological polar surface area (TPSA) is 61.7 Å². The number of aromatic nitrogens is 2. The van der Waals surface area contributed by atoms with Crippen molar-refractivity contribution in [2.24, 2.45) is 11.3 Å². The Kier molecular flexibility index (Phi) is 6.34. The Morgan fingerprint density at radius 2 is 1.94 bits per heavy atom. The highest BCUT2D eigenvalue weighted by Gasteiger charge is 2.53. The van der Waals surface area contributed by atoms with E-state index in [4.69, 9.17) is 17.0 Å². The summed E-state index contributed by atoms with van der Waals surface area (Å²) in [6.45, 7) is 0.253. The first-order valence-electron chi connectivity index (χ1n) is 11.8. The molecule has 5 rings (SSSR count). The van der Waals surface area contributed by atoms with Crippen LogP contribution in [0.3, 0.4) is 0 Å². The number of benzene rings is 1. The lowest BCUT2D eigenvalue weighted by molar-refractivity contribution is 0.368. The first-order valence-corrected chi connectivity index (χ1v) is 12.2. The molecule has 1 unspecified atom stereocenters. The molecule has 0 aliphatic heterocycles. The quantitative estimate of drug-likeness (QED) is 0.375. The van der Waals surface area contributed by atoms with Crippen LogP contribution in [0.15, 0.2) is 48.7 Å². The van der Waals surface area contributed by atoms with Gasteiger partial charge in [-0.1, -0.05) is 23.7 Å². The van der Waals surface area contributed by atoms with E-state index in [1.807, 2.05) is 6.07 Å². The van der Waals surface area contributed by atoms with E-state index in [2.05, 4.69) is 15.3 Å². The lowest BCUT2D eigenvalue weighted by Gasteiger charge is -2.23. The fourth-order valence-corrected chi connectivity index (χ4v) is 5.39. The van der Waals surface area contributed by atoms with Crippen molar-refractivity contribution in [3.05, 3.63) is 76.6 Å². The molecule has 0 radical (unpaired) electrons. The van der Waals surface area contributed by atoms with Gasteiger partial charge in [0.2, 0.25) is 0 Å². The van der Waals surface area contributed by atoms with Crippen LogP contribution in [0, 0.1) is 28.4 Å². The minimum atomic E-state index is -0.481. The van der Waals surface area contributed by atoms with Gasteiger partial charge >= 0.3 is 0 Å². The first kappa shape index (κ1) is 22.9. The Morgan fingerprint density at radius 1 is 1.12 bits per heavy atom. The van der Waals surface area contributed by atoms with Crippen LogP contribution in [0.2, 0.25) is 5.02 Å². The van der Waals surface area contributed by atoms with Crippen LogP contribution in [0.1, 0.15) is 49.8 Å². The second-order valence-corrected chi connectivity index (χ2v) is 9.98. The summed E-state index contributed by atoms with van der Waals surface area (Å²) in [6, 6.07) is 11.1. The SMILES string of the molecule is N=C1CCC2(CC1)CC2CCc1cc(-c2ccc(F)c(NCc3cccc(F)c3)n2)c(Cl)cn1. The molecule has 2 aliphatic carbocycles. The van der Waals surface area contributed by atoms with E-state index in [1.165, 1.54) is 24.6 Å². The average molecular weight is 481 g/mol. The summed E-state index contributed by atoms with van der Waals surface area (Å²) < 4.78 is 27.8. The summed E-state index contributed by atoms with van der Waals surface area (Å²) in [7, 11) is 0. The van der Waals surface area contributed by atoms with E-state index in [0.29, 0.717) is 27.6 Å². The molecule has 0 saturated heterocycles. The van der Waals surface area contributed by atoms with Crippen LogP contribution in [-0.4, -0.2) is 15.7 Å². The van der Waals surface area contributed by atoms with Crippen molar-refractivity contribution in [3.8, 4) is 11.3 Å². The third kappa shape index (κ3) is 4.97. The minimum absolute atomic E-state index is 0.0963. The van der Waals surface area contributed by atoms with E-state index in [9.17, 15) is 8.78 Å². The maximum Gasteiger partial charge on any atom is 0.165 e. The fourth-order valence-electron chi connectivity index (χ4n) is 5.19. The van der Waals surface area contributed by atoms with Crippen LogP contribution in [0.4, 0.5) is 14.6 Å². The predicted molar refractivity (Wildman–Crippen MR) is 131 cm³/mol. The molecule has 3 aromatic rings. The lowest BCUT2D eigenvalue weighted by Crippen LogP contribution is -2.16. The Hall–Kier alpha value is -2.86. The van der Waals surface area contributed by atoms with Crippen molar-refractivity contribution >= 4 is 23.1 Å². The third-order valence-electron chi connectivity index (χ3n) is 7.34. The number of hydrogen-bond acceptors (Lipinski definition) is 4. The number of pyridine rings is 2. The van der Waals surface area contributed by atoms with Gasteiger partial charge in [-0.15, -0.1) is 0 Å². The summed E-state index contributed by atoms with van der Waals surface area (Å²) in [4.78, 5) is 8.97. The smallest absolute Gasteiger partial charge is 0.165 e. The van der Waals surface area contributed by atoms with Crippen molar-refractivity contribution in [1.82, 2.24) is 9.97 Å². The second-order valence-electron chi connectivity index (χ2n) is 9.57. The highest BCUT2D eigenvalue weighted by Crippen LogP contribution is 2.62. The molecule has 176 valence electrons. The Morgan fingerprint density at radius 3 is 2.74 bits per heavy atom. The molecule has 4 nitrogen and oxygen atoms in total. The summed E-state index contributed by atoms with van der Waals surface area (Å²) in [6.07, 6.45) is 9.06. The fraction of sp³-hybridized carbons (Fsp3) is 0.370. The largest absolute Gasteiger partial charge is 0.364 e. The number of anilines is 1. The summed E-state index contributed by atoms with van der Waals surface area (Å²) in [5.74, 6) is -0.00844. The summed E-state index contributed by atoms with van der Waals surface area (Å²) in [5.41, 5.74) is 4.29. The maximum absolute atomic E-state index is 14.4. The van der Waals surface area contributed by atoms with Gasteiger partial charge in [-0.25, -0.2) is 13.8 Å². The van der Waals surface area contributed by atoms with Gasteiger partial charge in [-0.2, -0.15) is 0 Å². The standard InChI is InChI=1S/C27H27ClF2N4/c28-23-16-32-21(5-4-18-14-27(18)10-8-20(31)9-11-27)13-22(23)25-7-6-24(30)26(34-25)33-15-17-2-1-3-19(29)12-17/h1-3,6-7,12-13,16,18,31H,4-5,8-11,14-15H2,(H,33,34). The number of nitrogens with zero attached hydrogens (tertiary/aromatic N) is 2. The molecule has 0 bridgehead atoms. The highest BCUT2D eigenvalue weighted by molar-refractivity contribution is 6.33. The summed E-state index contributed by atoms with van der Waals surface area (Å²) in [5, 5.41) is 11.3. The van der Waals surface area contributed by atoms with Crippen LogP contribution < -0.4 is 5.32 Å². The molecular weight excluding hydrogens is 454 g/mol. The molecular formula is C27H27ClF2N4. The van der Waals surface area contributed by atoms with Gasteiger partial charge in [0, 0.05) is 29.7 Å². The van der Waals surface area contributed by atoms with Gasteiger partial charge in [0.1, 0.15) is 5.82 Å². The van der Waals surface area contributed by atoms with E-state index in [-0.39, 0.29) is 18.2 Å². The molecule has 1 atom stereocenters. The van der Waals surface area contributed by atoms with Crippen LogP contribution in [0.5, 0.6) is 0 Å². The lowest BCUT2D eigenvalue weighted by atomic mass is 9.82. The van der Waals surface area contributed by atoms with Gasteiger partial charge < -0.3 is 10.7 Å². The molecule has 2 N–H and O–H groups in total. The molecule has 1 spiro atoms. The maximum atomic E-state index is 14.4. The van der Waals surface area contributed by atoms with Crippen molar-refractivity contribution in [2.45, 2.75) is 51.5 Å². The van der Waals surface area contributed by atoms with E-state index in [1.54, 1.807) is 24.4 Å². The Balaban J connectivity index is 1.27. The number of hydrogen-bond donors (Lipinski definition) is 2. The minimum Gasteiger partial charge on any atom is -0.364 e. The molecule has 1 aromatic carbocycles. The molecule has 34 heavy (non-hydrogen) atoms. The normalized spacial score (nSPS) is 21.6. The van der Waals surface area contributed by atoms with E-state index < -0.39 is 5.82 Å². The van der Waals surface area contributed by atoms with Gasteiger partial charge in [-0.05, 0) is 92.2 Å². The van der Waals surface area contributed by atoms with E-state index >= 15 is 0 Å². The Labute approximate surface area is 203 Å². The zero-order chi connectivity index (χ0) is 23.7. The van der Waals surface area contributed by atoms with Crippen LogP contribution in [-0.2, 0) is 13.0 Å². The molecule has 2 aliphatic rings. The van der Waals surface area contributed by atoms with Gasteiger partial charge in [0.25, 0.3) is 0 Å². The van der Waals surface area contributed by atoms with E-state index in [0.717, 1.165) is 55.5 Å². The van der Waals surface area contributed by atoms with Gasteiger partial charge in [0.15, 0.2) is 11.6 Å². The Bertz CT molecular complexity index is 1220. The van der Waals surface area contributed by atoms with Gasteiger partial charge in [0.05, 0.1) is 10.7 Å². The zero-order valence-corrected chi connectivity index (χ0v) is 19.6. The average Bonchev–Trinajstić information content (AvgIpc) is 3.52. The number of nitrogens with one attached hydrogen (secondary N) is 2. The first-order chi connectivity index (χ1) is 16.4. The van der Waals surface area contributed by atoms with Gasteiger partial charge in [-0.3, -0.25) is 4.98 Å².